The number of hydrogen-bond donors (Lipinski definition) is 0. The summed E-state index contributed by atoms with van der Waals surface area (Å²) >= 11 is 0. The Kier molecular flexibility index (Phi) is 3.74. The highest BCUT2D eigenvalue weighted by Gasteiger charge is 2.29. The second-order valence-electron chi connectivity index (χ2n) is 5.94. The maximum Gasteiger partial charge on any atom is 0.127 e. The predicted molar refractivity (Wildman–Crippen MR) is 76.0 cm³/mol. The number of aldehydes is 1. The topological polar surface area (TPSA) is 20.3 Å². The summed E-state index contributed by atoms with van der Waals surface area (Å²) in [5.74, 6) is 0.660. The van der Waals surface area contributed by atoms with Crippen molar-refractivity contribution >= 4 is 12.0 Å². The van der Waals surface area contributed by atoms with E-state index in [-0.39, 0.29) is 5.41 Å². The number of benzene rings is 1. The molecule has 0 aromatic heterocycles. The molecule has 1 aliphatic rings. The minimum atomic E-state index is -0.232. The molecule has 0 fully saturated rings. The molecule has 1 aliphatic heterocycles. The molecule has 2 nitrogen and oxygen atoms in total. The van der Waals surface area contributed by atoms with Crippen LogP contribution in [0.3, 0.4) is 0 Å². The monoisotopic (exact) mass is 245 g/mol. The lowest BCUT2D eigenvalue weighted by Gasteiger charge is -2.39. The second kappa shape index (κ2) is 5.13. The van der Waals surface area contributed by atoms with Crippen molar-refractivity contribution in [2.45, 2.75) is 33.6 Å². The van der Waals surface area contributed by atoms with Crippen molar-refractivity contribution in [2.24, 2.45) is 11.3 Å². The van der Waals surface area contributed by atoms with Crippen molar-refractivity contribution in [1.29, 1.82) is 0 Å². The highest BCUT2D eigenvalue weighted by Crippen LogP contribution is 2.32. The van der Waals surface area contributed by atoms with E-state index in [0.29, 0.717) is 5.92 Å². The summed E-state index contributed by atoms with van der Waals surface area (Å²) in [6.45, 7) is 8.32. The zero-order valence-electron chi connectivity index (χ0n) is 11.6. The fourth-order valence-electron chi connectivity index (χ4n) is 2.72. The largest absolute Gasteiger partial charge is 0.370 e. The molecule has 0 spiro atoms. The third-order valence-electron chi connectivity index (χ3n) is 4.08. The van der Waals surface area contributed by atoms with Gasteiger partial charge in [0.05, 0.1) is 0 Å². The van der Waals surface area contributed by atoms with Gasteiger partial charge < -0.3 is 9.69 Å². The first-order valence-electron chi connectivity index (χ1n) is 6.87. The average molecular weight is 245 g/mol. The van der Waals surface area contributed by atoms with E-state index in [4.69, 9.17) is 0 Å². The summed E-state index contributed by atoms with van der Waals surface area (Å²) in [7, 11) is 0. The Bertz CT molecular complexity index is 429. The van der Waals surface area contributed by atoms with Gasteiger partial charge >= 0.3 is 0 Å². The van der Waals surface area contributed by atoms with Crippen LogP contribution in [-0.2, 0) is 11.2 Å². The molecular formula is C16H23NO. The van der Waals surface area contributed by atoms with Gasteiger partial charge in [0.1, 0.15) is 6.29 Å². The number of hydrogen-bond acceptors (Lipinski definition) is 2. The summed E-state index contributed by atoms with van der Waals surface area (Å²) in [6.07, 6.45) is 3.16. The van der Waals surface area contributed by atoms with Crippen LogP contribution in [0, 0.1) is 11.3 Å². The SMILES string of the molecule is CCC(C)(C=O)CN1CC(C)Cc2ccccc21. The van der Waals surface area contributed by atoms with E-state index in [2.05, 4.69) is 49.9 Å². The molecule has 2 rings (SSSR count). The minimum absolute atomic E-state index is 0.232. The van der Waals surface area contributed by atoms with Gasteiger partial charge in [-0.2, -0.15) is 0 Å². The van der Waals surface area contributed by atoms with Gasteiger partial charge in [-0.05, 0) is 30.4 Å². The van der Waals surface area contributed by atoms with E-state index in [0.717, 1.165) is 32.2 Å². The highest BCUT2D eigenvalue weighted by molar-refractivity contribution is 5.62. The van der Waals surface area contributed by atoms with Gasteiger partial charge in [-0.3, -0.25) is 0 Å². The smallest absolute Gasteiger partial charge is 0.127 e. The van der Waals surface area contributed by atoms with E-state index < -0.39 is 0 Å². The number of nitrogens with zero attached hydrogens (tertiary/aromatic N) is 1. The molecule has 98 valence electrons. The molecule has 1 aromatic rings. The van der Waals surface area contributed by atoms with Crippen molar-refractivity contribution in [3.05, 3.63) is 29.8 Å². The molecule has 1 heterocycles. The summed E-state index contributed by atoms with van der Waals surface area (Å²) < 4.78 is 0. The summed E-state index contributed by atoms with van der Waals surface area (Å²) in [6, 6.07) is 8.59. The van der Waals surface area contributed by atoms with Gasteiger partial charge in [-0.1, -0.05) is 39.0 Å². The Labute approximate surface area is 110 Å². The van der Waals surface area contributed by atoms with Crippen molar-refractivity contribution < 1.29 is 4.79 Å². The molecule has 0 radical (unpaired) electrons. The number of carbonyl (C=O) groups excluding carboxylic acids is 1. The fourth-order valence-corrected chi connectivity index (χ4v) is 2.72. The van der Waals surface area contributed by atoms with Crippen molar-refractivity contribution in [3.63, 3.8) is 0 Å². The maximum absolute atomic E-state index is 11.3. The number of rotatable bonds is 4. The van der Waals surface area contributed by atoms with Crippen LogP contribution in [-0.4, -0.2) is 19.4 Å². The molecule has 2 atom stereocenters. The zero-order chi connectivity index (χ0) is 13.2. The molecule has 0 amide bonds. The van der Waals surface area contributed by atoms with Gasteiger partial charge in [-0.25, -0.2) is 0 Å². The second-order valence-corrected chi connectivity index (χ2v) is 5.94. The van der Waals surface area contributed by atoms with E-state index >= 15 is 0 Å². The third-order valence-corrected chi connectivity index (χ3v) is 4.08. The third kappa shape index (κ3) is 2.58. The van der Waals surface area contributed by atoms with Crippen molar-refractivity contribution in [1.82, 2.24) is 0 Å². The van der Waals surface area contributed by atoms with Crippen LogP contribution in [0.25, 0.3) is 0 Å². The van der Waals surface area contributed by atoms with Gasteiger partial charge in [-0.15, -0.1) is 0 Å². The van der Waals surface area contributed by atoms with E-state index in [1.807, 2.05) is 0 Å². The maximum atomic E-state index is 11.3. The molecule has 0 bridgehead atoms. The Balaban J connectivity index is 2.26. The molecule has 18 heavy (non-hydrogen) atoms. The van der Waals surface area contributed by atoms with Gasteiger partial charge in [0.15, 0.2) is 0 Å². The van der Waals surface area contributed by atoms with Crippen LogP contribution in [0.15, 0.2) is 24.3 Å². The minimum Gasteiger partial charge on any atom is -0.370 e. The van der Waals surface area contributed by atoms with E-state index in [9.17, 15) is 4.79 Å². The van der Waals surface area contributed by atoms with E-state index in [1.165, 1.54) is 11.3 Å². The zero-order valence-corrected chi connectivity index (χ0v) is 11.6. The molecule has 1 aromatic carbocycles. The molecule has 2 unspecified atom stereocenters. The van der Waals surface area contributed by atoms with Crippen LogP contribution in [0.4, 0.5) is 5.69 Å². The van der Waals surface area contributed by atoms with Gasteiger partial charge in [0, 0.05) is 24.2 Å². The van der Waals surface area contributed by atoms with Gasteiger partial charge in [0.2, 0.25) is 0 Å². The molecule has 0 saturated heterocycles. The van der Waals surface area contributed by atoms with Crippen LogP contribution in [0.2, 0.25) is 0 Å². The van der Waals surface area contributed by atoms with Crippen LogP contribution >= 0.6 is 0 Å². The molecular weight excluding hydrogens is 222 g/mol. The number of fused-ring (bicyclic) bond motifs is 1. The lowest BCUT2D eigenvalue weighted by Crippen LogP contribution is -2.42. The van der Waals surface area contributed by atoms with Crippen LogP contribution in [0.1, 0.15) is 32.8 Å². The van der Waals surface area contributed by atoms with Crippen LogP contribution < -0.4 is 4.90 Å². The molecule has 0 aliphatic carbocycles. The lowest BCUT2D eigenvalue weighted by molar-refractivity contribution is -0.115. The standard InChI is InChI=1S/C16H23NO/c1-4-16(3,12-18)11-17-10-13(2)9-14-7-5-6-8-15(14)17/h5-8,12-13H,4,9-11H2,1-3H3. The first-order valence-corrected chi connectivity index (χ1v) is 6.87. The van der Waals surface area contributed by atoms with Crippen molar-refractivity contribution in [3.8, 4) is 0 Å². The van der Waals surface area contributed by atoms with Crippen LogP contribution in [0.5, 0.6) is 0 Å². The Morgan fingerprint density at radius 1 is 1.44 bits per heavy atom. The number of carbonyl (C=O) groups is 1. The Morgan fingerprint density at radius 3 is 2.83 bits per heavy atom. The van der Waals surface area contributed by atoms with Gasteiger partial charge in [0.25, 0.3) is 0 Å². The number of anilines is 1. The summed E-state index contributed by atoms with van der Waals surface area (Å²) in [4.78, 5) is 13.7. The highest BCUT2D eigenvalue weighted by atomic mass is 16.1. The molecule has 0 saturated carbocycles. The Morgan fingerprint density at radius 2 is 2.17 bits per heavy atom. The quantitative estimate of drug-likeness (QED) is 0.759. The lowest BCUT2D eigenvalue weighted by atomic mass is 9.86. The average Bonchev–Trinajstić information content (AvgIpc) is 2.38. The Hall–Kier alpha value is -1.31. The molecule has 0 N–H and O–H groups in total. The van der Waals surface area contributed by atoms with Crippen molar-refractivity contribution in [2.75, 3.05) is 18.0 Å². The predicted octanol–water partition coefficient (Wildman–Crippen LogP) is 3.30. The normalized spacial score (nSPS) is 22.2. The fraction of sp³-hybridized carbons (Fsp3) is 0.562. The first-order chi connectivity index (χ1) is 8.58. The summed E-state index contributed by atoms with van der Waals surface area (Å²) in [5, 5.41) is 0. The first kappa shape index (κ1) is 13.1. The number of para-hydroxylation sites is 1. The summed E-state index contributed by atoms with van der Waals surface area (Å²) in [5.41, 5.74) is 2.50. The molecule has 2 heteroatoms. The van der Waals surface area contributed by atoms with E-state index in [1.54, 1.807) is 0 Å².